The van der Waals surface area contributed by atoms with Crippen molar-refractivity contribution in [3.63, 3.8) is 0 Å². The van der Waals surface area contributed by atoms with Crippen molar-refractivity contribution in [2.75, 3.05) is 0 Å². The predicted molar refractivity (Wildman–Crippen MR) is 97.9 cm³/mol. The van der Waals surface area contributed by atoms with Crippen molar-refractivity contribution >= 4 is 0 Å². The molecule has 4 saturated heterocycles. The van der Waals surface area contributed by atoms with Crippen LogP contribution in [0.4, 0.5) is 0 Å². The van der Waals surface area contributed by atoms with Crippen LogP contribution in [0, 0.1) is 0 Å². The molecule has 0 spiro atoms. The van der Waals surface area contributed by atoms with Gasteiger partial charge in [-0.25, -0.2) is 0 Å². The second-order valence-corrected chi connectivity index (χ2v) is 7.58. The van der Waals surface area contributed by atoms with Crippen molar-refractivity contribution in [2.45, 2.75) is 75.5 Å². The van der Waals surface area contributed by atoms with Gasteiger partial charge in [0.1, 0.15) is 0 Å². The van der Waals surface area contributed by atoms with Gasteiger partial charge in [-0.05, 0) is 12.8 Å². The largest absolute Gasteiger partial charge is 4.00 e. The Bertz CT molecular complexity index is 648. The third-order valence-corrected chi connectivity index (χ3v) is 5.66. The minimum absolute atomic E-state index is 0. The molecular formula is C20H24FeN4. The maximum atomic E-state index is 4.97. The number of allylic oxidation sites excluding steroid dienone is 4. The minimum Gasteiger partial charge on any atom is -0.682 e. The fourth-order valence-corrected chi connectivity index (χ4v) is 4.44. The molecule has 132 valence electrons. The average Bonchev–Trinajstić information content (AvgIpc) is 3.32. The Labute approximate surface area is 161 Å². The van der Waals surface area contributed by atoms with Crippen LogP contribution in [0.2, 0.25) is 0 Å². The van der Waals surface area contributed by atoms with Crippen LogP contribution in [0.1, 0.15) is 51.4 Å². The smallest absolute Gasteiger partial charge is 0.682 e. The van der Waals surface area contributed by atoms with Crippen LogP contribution >= 0.6 is 0 Å². The summed E-state index contributed by atoms with van der Waals surface area (Å²) in [5, 5.41) is 19.6. The van der Waals surface area contributed by atoms with E-state index in [1.54, 1.807) is 0 Å². The Hall–Kier alpha value is -1.16. The van der Waals surface area contributed by atoms with E-state index in [1.807, 2.05) is 0 Å². The molecule has 4 atom stereocenters. The van der Waals surface area contributed by atoms with Crippen molar-refractivity contribution in [2.24, 2.45) is 0 Å². The van der Waals surface area contributed by atoms with Gasteiger partial charge < -0.3 is 21.3 Å². The second-order valence-electron chi connectivity index (χ2n) is 7.58. The zero-order valence-corrected chi connectivity index (χ0v) is 15.5. The molecule has 5 rings (SSSR count). The molecule has 0 N–H and O–H groups in total. The Morgan fingerprint density at radius 3 is 1.64 bits per heavy atom. The second kappa shape index (κ2) is 7.22. The summed E-state index contributed by atoms with van der Waals surface area (Å²) in [6.07, 6.45) is 18.1. The summed E-state index contributed by atoms with van der Waals surface area (Å²) in [7, 11) is 0. The van der Waals surface area contributed by atoms with E-state index in [0.717, 1.165) is 51.4 Å². The normalized spacial score (nSPS) is 42.4. The molecule has 5 aliphatic rings. The number of fused-ring (bicyclic) bond motifs is 8. The van der Waals surface area contributed by atoms with Crippen LogP contribution in [-0.2, 0) is 17.1 Å². The van der Waals surface area contributed by atoms with Gasteiger partial charge >= 0.3 is 17.1 Å². The molecule has 8 bridgehead atoms. The van der Waals surface area contributed by atoms with E-state index < -0.39 is 0 Å². The molecule has 4 nitrogen and oxygen atoms in total. The van der Waals surface area contributed by atoms with E-state index in [2.05, 4.69) is 24.3 Å². The maximum absolute atomic E-state index is 4.97. The van der Waals surface area contributed by atoms with Crippen LogP contribution in [0.3, 0.4) is 0 Å². The number of hydrogen-bond donors (Lipinski definition) is 0. The molecule has 4 fully saturated rings. The summed E-state index contributed by atoms with van der Waals surface area (Å²) in [5.74, 6) is 0. The topological polar surface area (TPSA) is 56.4 Å². The first kappa shape index (κ1) is 17.3. The summed E-state index contributed by atoms with van der Waals surface area (Å²) in [6.45, 7) is 0. The molecule has 5 heterocycles. The summed E-state index contributed by atoms with van der Waals surface area (Å²) in [4.78, 5) is 0. The van der Waals surface area contributed by atoms with Crippen LogP contribution in [0.25, 0.3) is 21.3 Å². The van der Waals surface area contributed by atoms with Crippen molar-refractivity contribution in [3.8, 4) is 0 Å². The van der Waals surface area contributed by atoms with Gasteiger partial charge in [0.15, 0.2) is 0 Å². The Balaban J connectivity index is 0.00000157. The van der Waals surface area contributed by atoms with Gasteiger partial charge in [-0.1, -0.05) is 38.5 Å². The Morgan fingerprint density at radius 2 is 1.04 bits per heavy atom. The molecule has 0 aromatic carbocycles. The van der Waals surface area contributed by atoms with Crippen LogP contribution in [0.15, 0.2) is 47.1 Å². The van der Waals surface area contributed by atoms with Crippen LogP contribution in [0.5, 0.6) is 0 Å². The monoisotopic (exact) mass is 376 g/mol. The minimum atomic E-state index is 0. The van der Waals surface area contributed by atoms with Gasteiger partial charge in [0.2, 0.25) is 0 Å². The zero-order chi connectivity index (χ0) is 15.9. The first-order chi connectivity index (χ1) is 11.8. The third-order valence-electron chi connectivity index (χ3n) is 5.66. The van der Waals surface area contributed by atoms with Crippen molar-refractivity contribution in [3.05, 3.63) is 68.4 Å². The van der Waals surface area contributed by atoms with Gasteiger partial charge in [-0.15, -0.1) is 48.5 Å². The summed E-state index contributed by atoms with van der Waals surface area (Å²) < 4.78 is 0. The Kier molecular flexibility index (Phi) is 4.99. The van der Waals surface area contributed by atoms with E-state index in [-0.39, 0.29) is 17.1 Å². The fraction of sp³-hybridized carbons (Fsp3) is 0.600. The Morgan fingerprint density at radius 1 is 0.560 bits per heavy atom. The molecule has 4 unspecified atom stereocenters. The number of hydrogen-bond acceptors (Lipinski definition) is 0. The van der Waals surface area contributed by atoms with Gasteiger partial charge in [-0.3, -0.25) is 0 Å². The summed E-state index contributed by atoms with van der Waals surface area (Å²) >= 11 is 0. The molecule has 0 aliphatic carbocycles. The quantitative estimate of drug-likeness (QED) is 0.489. The van der Waals surface area contributed by atoms with E-state index in [9.17, 15) is 0 Å². The molecule has 5 heteroatoms. The van der Waals surface area contributed by atoms with Crippen molar-refractivity contribution in [1.82, 2.24) is 0 Å². The van der Waals surface area contributed by atoms with Gasteiger partial charge in [0.05, 0.1) is 0 Å². The molecule has 0 radical (unpaired) electrons. The predicted octanol–water partition coefficient (Wildman–Crippen LogP) is 5.68. The van der Waals surface area contributed by atoms with E-state index in [0.29, 0.717) is 24.2 Å². The van der Waals surface area contributed by atoms with E-state index in [1.165, 1.54) is 22.8 Å². The molecule has 0 saturated carbocycles. The van der Waals surface area contributed by atoms with Gasteiger partial charge in [0.25, 0.3) is 0 Å². The fourth-order valence-electron chi connectivity index (χ4n) is 4.44. The number of nitrogens with zero attached hydrogens (tertiary/aromatic N) is 4. The first-order valence-electron chi connectivity index (χ1n) is 9.46. The molecule has 0 aromatic heterocycles. The van der Waals surface area contributed by atoms with E-state index in [4.69, 9.17) is 21.3 Å². The zero-order valence-electron chi connectivity index (χ0n) is 14.4. The molecule has 0 amide bonds. The van der Waals surface area contributed by atoms with Gasteiger partial charge in [0, 0.05) is 0 Å². The number of rotatable bonds is 0. The van der Waals surface area contributed by atoms with E-state index >= 15 is 0 Å². The molecule has 5 aliphatic heterocycles. The molecular weight excluding hydrogens is 352 g/mol. The van der Waals surface area contributed by atoms with Crippen LogP contribution < -0.4 is 0 Å². The van der Waals surface area contributed by atoms with Gasteiger partial charge in [-0.2, -0.15) is 22.8 Å². The SMILES string of the molecule is C1=C2CC/C(=C/C3CCC(/C=C4/CCC(/C=C5/CCC1[N-]5)[N-]4)[N-]3)[N-]2.[Fe+4]. The molecule has 0 aromatic rings. The average molecular weight is 376 g/mol. The standard InChI is InChI=1S/C20H24N4.Fe/c1-2-14-10-16-5-6-18(23-16)12-20-8-7-19(24-20)11-17-4-3-15(22-17)9-13(1)21-14;/h9-14,17,20H,1-8H2;/q-4;+4/b15-9-,16-10-,18-12?,19-11-;. The van der Waals surface area contributed by atoms with Crippen molar-refractivity contribution < 1.29 is 17.1 Å². The summed E-state index contributed by atoms with van der Waals surface area (Å²) in [5.41, 5.74) is 4.96. The first-order valence-corrected chi connectivity index (χ1v) is 9.46. The maximum Gasteiger partial charge on any atom is 4.00 e. The third kappa shape index (κ3) is 3.84. The van der Waals surface area contributed by atoms with Crippen LogP contribution in [-0.4, -0.2) is 24.2 Å². The molecule has 25 heavy (non-hydrogen) atoms. The van der Waals surface area contributed by atoms with Crippen molar-refractivity contribution in [1.29, 1.82) is 0 Å². The summed E-state index contributed by atoms with van der Waals surface area (Å²) in [6, 6.07) is 1.34.